The first-order valence-electron chi connectivity index (χ1n) is 20.6. The van der Waals surface area contributed by atoms with E-state index in [9.17, 15) is 19.2 Å². The molecule has 2 saturated heterocycles. The molecule has 8 atom stereocenters. The molecule has 0 spiro atoms. The zero-order valence-electron chi connectivity index (χ0n) is 35.2. The van der Waals surface area contributed by atoms with Crippen LogP contribution in [0.2, 0.25) is 0 Å². The number of hydrogen-bond donors (Lipinski definition) is 0. The predicted molar refractivity (Wildman–Crippen MR) is 206 cm³/mol. The van der Waals surface area contributed by atoms with Gasteiger partial charge in [-0.3, -0.25) is 29.0 Å². The molecule has 2 rings (SSSR count). The lowest BCUT2D eigenvalue weighted by atomic mass is 9.68. The second kappa shape index (κ2) is 20.5. The molecule has 0 radical (unpaired) electrons. The fourth-order valence-electron chi connectivity index (χ4n) is 9.26. The first-order valence-corrected chi connectivity index (χ1v) is 20.6. The van der Waals surface area contributed by atoms with Gasteiger partial charge in [0.2, 0.25) is 0 Å². The minimum Gasteiger partial charge on any atom is -0.465 e. The van der Waals surface area contributed by atoms with E-state index in [4.69, 9.17) is 18.9 Å². The lowest BCUT2D eigenvalue weighted by molar-refractivity contribution is -0.180. The van der Waals surface area contributed by atoms with E-state index in [2.05, 4.69) is 79.0 Å². The summed E-state index contributed by atoms with van der Waals surface area (Å²) in [5.41, 5.74) is -0.694. The first-order chi connectivity index (χ1) is 24.4. The van der Waals surface area contributed by atoms with Gasteiger partial charge in [-0.2, -0.15) is 0 Å². The lowest BCUT2D eigenvalue weighted by Crippen LogP contribution is -2.68. The first kappa shape index (κ1) is 46.0. The van der Waals surface area contributed by atoms with Crippen molar-refractivity contribution >= 4 is 23.9 Å². The molecule has 0 aromatic rings. The topological polar surface area (TPSA) is 112 Å². The van der Waals surface area contributed by atoms with Gasteiger partial charge in [-0.15, -0.1) is 0 Å². The second-order valence-electron chi connectivity index (χ2n) is 16.8. The largest absolute Gasteiger partial charge is 0.465 e. The maximum absolute atomic E-state index is 13.0. The Balaban J connectivity index is 1.77. The van der Waals surface area contributed by atoms with Crippen molar-refractivity contribution < 1.29 is 38.1 Å². The Bertz CT molecular complexity index is 1080. The van der Waals surface area contributed by atoms with Gasteiger partial charge in [0.15, 0.2) is 0 Å². The number of nitrogens with zero attached hydrogens (tertiary/aromatic N) is 2. The summed E-state index contributed by atoms with van der Waals surface area (Å²) < 4.78 is 23.0. The molecule has 2 aliphatic heterocycles. The van der Waals surface area contributed by atoms with Gasteiger partial charge in [-0.05, 0) is 66.2 Å². The van der Waals surface area contributed by atoms with E-state index < -0.39 is 0 Å². The van der Waals surface area contributed by atoms with Crippen LogP contribution in [0.5, 0.6) is 0 Å². The van der Waals surface area contributed by atoms with E-state index >= 15 is 0 Å². The van der Waals surface area contributed by atoms with Crippen LogP contribution in [-0.4, -0.2) is 94.3 Å². The van der Waals surface area contributed by atoms with Crippen molar-refractivity contribution in [3.63, 3.8) is 0 Å². The zero-order valence-corrected chi connectivity index (χ0v) is 35.2. The molecule has 0 saturated carbocycles. The minimum atomic E-state index is -0.263. The summed E-state index contributed by atoms with van der Waals surface area (Å²) in [6, 6.07) is 0. The van der Waals surface area contributed by atoms with Crippen LogP contribution >= 0.6 is 0 Å². The smallest absolute Gasteiger partial charge is 0.306 e. The van der Waals surface area contributed by atoms with Crippen molar-refractivity contribution in [3.05, 3.63) is 0 Å². The average molecular weight is 737 g/mol. The Kier molecular flexibility index (Phi) is 18.1. The molecule has 2 heterocycles. The summed E-state index contributed by atoms with van der Waals surface area (Å²) in [7, 11) is 0. The molecule has 10 heteroatoms. The van der Waals surface area contributed by atoms with Crippen LogP contribution < -0.4 is 0 Å². The summed E-state index contributed by atoms with van der Waals surface area (Å²) in [4.78, 5) is 53.9. The quantitative estimate of drug-likeness (QED) is 0.0647. The SMILES string of the molecule is CCC1(C)CC(OC(=O)CCCCCCCCC(=O)OC2CC(C)(CC)N(CCOC(C)=O)C(C)(CC)C2C)C(C)C(C)(CC)N1CCOC(C)=O. The van der Waals surface area contributed by atoms with Crippen LogP contribution in [0.3, 0.4) is 0 Å². The Morgan fingerprint density at radius 1 is 0.558 bits per heavy atom. The van der Waals surface area contributed by atoms with Crippen molar-refractivity contribution in [3.8, 4) is 0 Å². The second-order valence-corrected chi connectivity index (χ2v) is 16.8. The average Bonchev–Trinajstić information content (AvgIpc) is 3.09. The van der Waals surface area contributed by atoms with E-state index in [0.29, 0.717) is 39.1 Å². The molecule has 0 N–H and O–H groups in total. The van der Waals surface area contributed by atoms with Crippen LogP contribution in [0.25, 0.3) is 0 Å². The summed E-state index contributed by atoms with van der Waals surface area (Å²) >= 11 is 0. The van der Waals surface area contributed by atoms with Gasteiger partial charge >= 0.3 is 23.9 Å². The fraction of sp³-hybridized carbons (Fsp3) is 0.905. The number of ether oxygens (including phenoxy) is 4. The monoisotopic (exact) mass is 737 g/mol. The standard InChI is InChI=1S/C42H76N2O8/c1-13-39(9)29-35(31(5)41(11,15-3)43(39)25-27-49-33(7)45)51-37(47)23-21-19-17-18-20-22-24-38(48)52-36-30-40(10,14-2)44(26-28-50-34(8)46)42(12,16-4)32(36)6/h31-32,35-36H,13-30H2,1-12H3. The third-order valence-corrected chi connectivity index (χ3v) is 13.7. The summed E-state index contributed by atoms with van der Waals surface area (Å²) in [5, 5.41) is 0. The number of piperidine rings is 2. The van der Waals surface area contributed by atoms with E-state index in [0.717, 1.165) is 77.0 Å². The van der Waals surface area contributed by atoms with Crippen molar-refractivity contribution in [1.82, 2.24) is 9.80 Å². The highest BCUT2D eigenvalue weighted by Crippen LogP contribution is 2.48. The Morgan fingerprint density at radius 2 is 0.885 bits per heavy atom. The highest BCUT2D eigenvalue weighted by atomic mass is 16.6. The van der Waals surface area contributed by atoms with E-state index in [1.807, 2.05) is 0 Å². The van der Waals surface area contributed by atoms with Crippen LogP contribution in [0.15, 0.2) is 0 Å². The molecular formula is C42H76N2O8. The van der Waals surface area contributed by atoms with Crippen LogP contribution in [0.1, 0.15) is 173 Å². The number of carbonyl (C=O) groups excluding carboxylic acids is 4. The molecule has 302 valence electrons. The highest BCUT2D eigenvalue weighted by molar-refractivity contribution is 5.70. The molecular weight excluding hydrogens is 660 g/mol. The highest BCUT2D eigenvalue weighted by Gasteiger charge is 2.55. The van der Waals surface area contributed by atoms with E-state index in [1.165, 1.54) is 13.8 Å². The lowest BCUT2D eigenvalue weighted by Gasteiger charge is -2.60. The number of esters is 4. The van der Waals surface area contributed by atoms with Crippen molar-refractivity contribution in [1.29, 1.82) is 0 Å². The Labute approximate surface area is 316 Å². The molecule has 2 aliphatic rings. The van der Waals surface area contributed by atoms with Gasteiger partial charge in [-0.25, -0.2) is 0 Å². The number of hydrogen-bond acceptors (Lipinski definition) is 10. The molecule has 0 aromatic heterocycles. The fourth-order valence-corrected chi connectivity index (χ4v) is 9.26. The van der Waals surface area contributed by atoms with Crippen LogP contribution in [-0.2, 0) is 38.1 Å². The molecule has 0 aromatic carbocycles. The molecule has 0 amide bonds. The number of rotatable bonds is 21. The van der Waals surface area contributed by atoms with Gasteiger partial charge in [0.25, 0.3) is 0 Å². The molecule has 8 unspecified atom stereocenters. The number of unbranched alkanes of at least 4 members (excludes halogenated alkanes) is 5. The van der Waals surface area contributed by atoms with Gasteiger partial charge in [0, 0.05) is 86.6 Å². The zero-order chi connectivity index (χ0) is 39.3. The third kappa shape index (κ3) is 11.6. The molecule has 0 aliphatic carbocycles. The minimum absolute atomic E-state index is 0.118. The molecule has 10 nitrogen and oxygen atoms in total. The Hall–Kier alpha value is -2.20. The summed E-state index contributed by atoms with van der Waals surface area (Å²) in [5.74, 6) is -0.470. The van der Waals surface area contributed by atoms with Gasteiger partial charge in [0.05, 0.1) is 0 Å². The van der Waals surface area contributed by atoms with Crippen LogP contribution in [0.4, 0.5) is 0 Å². The molecule has 52 heavy (non-hydrogen) atoms. The maximum Gasteiger partial charge on any atom is 0.306 e. The normalized spacial score (nSPS) is 32.6. The van der Waals surface area contributed by atoms with Crippen molar-refractivity contribution in [2.75, 3.05) is 26.3 Å². The van der Waals surface area contributed by atoms with Gasteiger partial charge in [0.1, 0.15) is 25.4 Å². The van der Waals surface area contributed by atoms with Crippen LogP contribution in [0, 0.1) is 11.8 Å². The van der Waals surface area contributed by atoms with E-state index in [-0.39, 0.29) is 70.1 Å². The summed E-state index contributed by atoms with van der Waals surface area (Å²) in [6.07, 6.45) is 11.3. The van der Waals surface area contributed by atoms with Gasteiger partial charge in [-0.1, -0.05) is 67.2 Å². The van der Waals surface area contributed by atoms with Crippen molar-refractivity contribution in [2.24, 2.45) is 11.8 Å². The van der Waals surface area contributed by atoms with E-state index in [1.54, 1.807) is 0 Å². The maximum atomic E-state index is 13.0. The number of carbonyl (C=O) groups is 4. The van der Waals surface area contributed by atoms with Crippen molar-refractivity contribution in [2.45, 2.75) is 207 Å². The Morgan fingerprint density at radius 3 is 1.17 bits per heavy atom. The summed E-state index contributed by atoms with van der Waals surface area (Å²) in [6.45, 7) is 27.0. The third-order valence-electron chi connectivity index (χ3n) is 13.7. The molecule has 0 bridgehead atoms. The number of likely N-dealkylation sites (tertiary alicyclic amines) is 2. The van der Waals surface area contributed by atoms with Gasteiger partial charge < -0.3 is 18.9 Å². The molecule has 2 fully saturated rings. The predicted octanol–water partition coefficient (Wildman–Crippen LogP) is 8.42.